The number of halogens is 2. The van der Waals surface area contributed by atoms with Gasteiger partial charge in [-0.25, -0.2) is 13.6 Å². The van der Waals surface area contributed by atoms with E-state index >= 15 is 0 Å². The fourth-order valence-electron chi connectivity index (χ4n) is 3.63. The van der Waals surface area contributed by atoms with E-state index in [0.29, 0.717) is 18.0 Å². The average Bonchev–Trinajstić information content (AvgIpc) is 3.42. The maximum Gasteiger partial charge on any atom is 0.322 e. The summed E-state index contributed by atoms with van der Waals surface area (Å²) in [6, 6.07) is 8.37. The number of carbonyl (C=O) groups is 2. The molecule has 1 fully saturated rings. The number of nitrogens with zero attached hydrogens (tertiary/aromatic N) is 3. The van der Waals surface area contributed by atoms with Crippen LogP contribution in [0.15, 0.2) is 36.4 Å². The van der Waals surface area contributed by atoms with Crippen LogP contribution in [0.25, 0.3) is 0 Å². The molecule has 10 heteroatoms. The molecule has 166 valence electrons. The van der Waals surface area contributed by atoms with Crippen molar-refractivity contribution >= 4 is 34.6 Å². The molecule has 0 bridgehead atoms. The largest absolute Gasteiger partial charge is 0.322 e. The second-order valence-electron chi connectivity index (χ2n) is 7.63. The van der Waals surface area contributed by atoms with Crippen LogP contribution in [-0.2, 0) is 0 Å². The number of aryl methyl sites for hydroxylation is 2. The molecule has 1 saturated heterocycles. The third kappa shape index (κ3) is 4.59. The fraction of sp³-hybridized carbons (Fsp3) is 0.273. The summed E-state index contributed by atoms with van der Waals surface area (Å²) in [5.74, 6) is -2.64. The van der Waals surface area contributed by atoms with Gasteiger partial charge in [0.1, 0.15) is 5.01 Å². The highest BCUT2D eigenvalue weighted by Gasteiger charge is 2.33. The number of amides is 3. The van der Waals surface area contributed by atoms with E-state index in [2.05, 4.69) is 20.8 Å². The molecule has 1 aromatic heterocycles. The zero-order valence-corrected chi connectivity index (χ0v) is 18.3. The van der Waals surface area contributed by atoms with Gasteiger partial charge in [-0.1, -0.05) is 29.0 Å². The van der Waals surface area contributed by atoms with E-state index in [1.165, 1.54) is 6.07 Å². The van der Waals surface area contributed by atoms with E-state index in [0.717, 1.165) is 46.7 Å². The Morgan fingerprint density at radius 1 is 1.06 bits per heavy atom. The van der Waals surface area contributed by atoms with Crippen molar-refractivity contribution in [1.29, 1.82) is 0 Å². The quantitative estimate of drug-likeness (QED) is 0.574. The van der Waals surface area contributed by atoms with E-state index in [-0.39, 0.29) is 22.8 Å². The van der Waals surface area contributed by atoms with Gasteiger partial charge in [0.25, 0.3) is 5.91 Å². The highest BCUT2D eigenvalue weighted by Crippen LogP contribution is 2.34. The normalized spacial score (nSPS) is 15.6. The lowest BCUT2D eigenvalue weighted by Gasteiger charge is -2.23. The molecule has 0 saturated carbocycles. The van der Waals surface area contributed by atoms with E-state index < -0.39 is 17.5 Å². The molecule has 2 N–H and O–H groups in total. The van der Waals surface area contributed by atoms with Gasteiger partial charge in [-0.15, -0.1) is 10.2 Å². The molecule has 2 aromatic carbocycles. The van der Waals surface area contributed by atoms with Gasteiger partial charge in [0.2, 0.25) is 5.01 Å². The van der Waals surface area contributed by atoms with Crippen molar-refractivity contribution in [3.05, 3.63) is 69.2 Å². The van der Waals surface area contributed by atoms with E-state index in [9.17, 15) is 18.4 Å². The Morgan fingerprint density at radius 2 is 1.88 bits per heavy atom. The van der Waals surface area contributed by atoms with Crippen molar-refractivity contribution in [2.75, 3.05) is 17.2 Å². The van der Waals surface area contributed by atoms with Gasteiger partial charge in [0.05, 0.1) is 6.04 Å². The number of anilines is 2. The number of likely N-dealkylation sites (tertiary alicyclic amines) is 1. The molecule has 0 aliphatic carbocycles. The monoisotopic (exact) mass is 457 g/mol. The fourth-order valence-corrected chi connectivity index (χ4v) is 4.51. The molecule has 1 atom stereocenters. The number of hydrogen-bond acceptors (Lipinski definition) is 5. The Hall–Kier alpha value is -3.40. The number of urea groups is 1. The molecular formula is C22H21F2N5O2S. The minimum Gasteiger partial charge on any atom is -0.320 e. The number of carbonyl (C=O) groups excluding carboxylic acids is 2. The molecule has 0 unspecified atom stereocenters. The molecule has 1 aliphatic heterocycles. The number of rotatable bonds is 4. The lowest BCUT2D eigenvalue weighted by Crippen LogP contribution is -2.34. The molecule has 2 heterocycles. The third-order valence-corrected chi connectivity index (χ3v) is 6.26. The number of aromatic nitrogens is 2. The molecule has 32 heavy (non-hydrogen) atoms. The second kappa shape index (κ2) is 8.99. The first-order valence-electron chi connectivity index (χ1n) is 10.1. The number of benzene rings is 2. The van der Waals surface area contributed by atoms with Crippen molar-refractivity contribution in [3.63, 3.8) is 0 Å². The van der Waals surface area contributed by atoms with Gasteiger partial charge in [0.15, 0.2) is 11.6 Å². The first-order chi connectivity index (χ1) is 15.3. The molecule has 1 aliphatic rings. The maximum atomic E-state index is 13.4. The summed E-state index contributed by atoms with van der Waals surface area (Å²) >= 11 is 1.07. The predicted molar refractivity (Wildman–Crippen MR) is 118 cm³/mol. The van der Waals surface area contributed by atoms with Gasteiger partial charge in [-0.2, -0.15) is 0 Å². The lowest BCUT2D eigenvalue weighted by molar-refractivity contribution is 0.102. The van der Waals surface area contributed by atoms with E-state index in [4.69, 9.17) is 0 Å². The third-order valence-electron chi connectivity index (χ3n) is 5.23. The van der Waals surface area contributed by atoms with Crippen molar-refractivity contribution in [2.45, 2.75) is 32.7 Å². The summed E-state index contributed by atoms with van der Waals surface area (Å²) in [6.45, 7) is 4.49. The van der Waals surface area contributed by atoms with Gasteiger partial charge in [-0.05, 0) is 50.5 Å². The van der Waals surface area contributed by atoms with Crippen molar-refractivity contribution < 1.29 is 18.4 Å². The van der Waals surface area contributed by atoms with Gasteiger partial charge >= 0.3 is 6.03 Å². The van der Waals surface area contributed by atoms with Crippen molar-refractivity contribution in [3.8, 4) is 0 Å². The van der Waals surface area contributed by atoms with Crippen LogP contribution in [0.2, 0.25) is 0 Å². The maximum absolute atomic E-state index is 13.4. The van der Waals surface area contributed by atoms with Gasteiger partial charge < -0.3 is 15.5 Å². The average molecular weight is 458 g/mol. The van der Waals surface area contributed by atoms with Crippen LogP contribution in [0.4, 0.5) is 25.0 Å². The summed E-state index contributed by atoms with van der Waals surface area (Å²) in [4.78, 5) is 27.0. The zero-order chi connectivity index (χ0) is 22.8. The highest BCUT2D eigenvalue weighted by molar-refractivity contribution is 7.13. The summed E-state index contributed by atoms with van der Waals surface area (Å²) < 4.78 is 26.4. The minimum atomic E-state index is -1.06. The SMILES string of the molecule is Cc1ccc(NC(=O)N2CCC[C@@H]2c2nnc(C(=O)Nc3ccc(F)c(F)c3)s2)c(C)c1. The standard InChI is InChI=1S/C22H21F2N5O2S/c1-12-5-8-17(13(2)10-12)26-22(31)29-9-3-4-18(29)20-27-28-21(32-20)19(30)25-14-6-7-15(23)16(24)11-14/h5-8,10-11,18H,3-4,9H2,1-2H3,(H,25,30)(H,26,31)/t18-/m1/s1. The molecule has 4 rings (SSSR count). The molecule has 7 nitrogen and oxygen atoms in total. The number of nitrogens with one attached hydrogen (secondary N) is 2. The van der Waals surface area contributed by atoms with Crippen molar-refractivity contribution in [2.24, 2.45) is 0 Å². The van der Waals surface area contributed by atoms with Crippen LogP contribution in [0.1, 0.15) is 44.8 Å². The molecule has 3 amide bonds. The van der Waals surface area contributed by atoms with Crippen LogP contribution in [0, 0.1) is 25.5 Å². The molecule has 0 radical (unpaired) electrons. The zero-order valence-electron chi connectivity index (χ0n) is 17.5. The first-order valence-corrected chi connectivity index (χ1v) is 10.9. The smallest absolute Gasteiger partial charge is 0.320 e. The number of hydrogen-bond donors (Lipinski definition) is 2. The van der Waals surface area contributed by atoms with Crippen LogP contribution in [0.3, 0.4) is 0 Å². The van der Waals surface area contributed by atoms with Crippen molar-refractivity contribution in [1.82, 2.24) is 15.1 Å². The molecular weight excluding hydrogens is 436 g/mol. The lowest BCUT2D eigenvalue weighted by atomic mass is 10.1. The second-order valence-corrected chi connectivity index (χ2v) is 8.64. The Kier molecular flexibility index (Phi) is 6.13. The van der Waals surface area contributed by atoms with E-state index in [1.54, 1.807) is 4.90 Å². The minimum absolute atomic E-state index is 0.0753. The summed E-state index contributed by atoms with van der Waals surface area (Å²) in [7, 11) is 0. The first kappa shape index (κ1) is 21.8. The summed E-state index contributed by atoms with van der Waals surface area (Å²) in [5, 5.41) is 14.1. The Labute approximate surface area is 187 Å². The predicted octanol–water partition coefficient (Wildman–Crippen LogP) is 5.05. The van der Waals surface area contributed by atoms with Crippen LogP contribution < -0.4 is 10.6 Å². The van der Waals surface area contributed by atoms with Gasteiger partial charge in [-0.3, -0.25) is 4.79 Å². The van der Waals surface area contributed by atoms with E-state index in [1.807, 2.05) is 32.0 Å². The Bertz CT molecular complexity index is 1180. The highest BCUT2D eigenvalue weighted by atomic mass is 32.1. The van der Waals surface area contributed by atoms with Gasteiger partial charge in [0, 0.05) is 24.0 Å². The molecule has 0 spiro atoms. The Morgan fingerprint density at radius 3 is 2.62 bits per heavy atom. The summed E-state index contributed by atoms with van der Waals surface area (Å²) in [6.07, 6.45) is 1.51. The van der Waals surface area contributed by atoms with Crippen LogP contribution >= 0.6 is 11.3 Å². The summed E-state index contributed by atoms with van der Waals surface area (Å²) in [5.41, 5.74) is 2.94. The molecule has 3 aromatic rings. The topological polar surface area (TPSA) is 87.2 Å². The van der Waals surface area contributed by atoms with Crippen LogP contribution in [0.5, 0.6) is 0 Å². The van der Waals surface area contributed by atoms with Crippen LogP contribution in [-0.4, -0.2) is 33.6 Å². The Balaban J connectivity index is 1.45.